The van der Waals surface area contributed by atoms with Crippen LogP contribution in [0.2, 0.25) is 0 Å². The van der Waals surface area contributed by atoms with Crippen LogP contribution >= 0.6 is 11.8 Å². The molecule has 3 rings (SSSR count). The molecule has 0 bridgehead atoms. The van der Waals surface area contributed by atoms with E-state index in [-0.39, 0.29) is 24.1 Å². The molecule has 1 saturated heterocycles. The number of nitrogens with one attached hydrogen (secondary N) is 1. The first-order valence-corrected chi connectivity index (χ1v) is 9.95. The van der Waals surface area contributed by atoms with Crippen LogP contribution in [0.25, 0.3) is 0 Å². The van der Waals surface area contributed by atoms with Crippen molar-refractivity contribution < 1.29 is 14.4 Å². The number of carbonyl (C=O) groups excluding carboxylic acids is 3. The highest BCUT2D eigenvalue weighted by atomic mass is 32.2. The van der Waals surface area contributed by atoms with E-state index in [0.717, 1.165) is 23.4 Å². The molecule has 2 aromatic carbocycles. The van der Waals surface area contributed by atoms with Crippen molar-refractivity contribution in [2.45, 2.75) is 42.8 Å². The summed E-state index contributed by atoms with van der Waals surface area (Å²) in [5.41, 5.74) is 1.35. The number of thioether (sulfide) groups is 1. The smallest absolute Gasteiger partial charge is 0.247 e. The fourth-order valence-corrected chi connectivity index (χ4v) is 3.94. The van der Waals surface area contributed by atoms with Crippen LogP contribution in [-0.4, -0.2) is 23.0 Å². The lowest BCUT2D eigenvalue weighted by Crippen LogP contribution is -2.30. The number of rotatable bonds is 7. The van der Waals surface area contributed by atoms with Gasteiger partial charge in [0.1, 0.15) is 0 Å². The van der Waals surface area contributed by atoms with E-state index in [1.165, 1.54) is 16.7 Å². The zero-order chi connectivity index (χ0) is 19.2. The van der Waals surface area contributed by atoms with Crippen molar-refractivity contribution in [1.29, 1.82) is 0 Å². The Morgan fingerprint density at radius 2 is 1.81 bits per heavy atom. The Kier molecular flexibility index (Phi) is 6.29. The molecule has 1 N–H and O–H groups in total. The lowest BCUT2D eigenvalue weighted by atomic mass is 10.2. The Bertz CT molecular complexity index is 821. The van der Waals surface area contributed by atoms with Gasteiger partial charge in [-0.25, -0.2) is 4.90 Å². The second-order valence-corrected chi connectivity index (χ2v) is 7.67. The molecule has 1 heterocycles. The first-order chi connectivity index (χ1) is 13.1. The minimum Gasteiger partial charge on any atom is -0.326 e. The van der Waals surface area contributed by atoms with Crippen LogP contribution in [0.3, 0.4) is 0 Å². The van der Waals surface area contributed by atoms with E-state index >= 15 is 0 Å². The van der Waals surface area contributed by atoms with Gasteiger partial charge in [-0.3, -0.25) is 14.4 Å². The van der Waals surface area contributed by atoms with Gasteiger partial charge < -0.3 is 5.32 Å². The van der Waals surface area contributed by atoms with E-state index in [0.29, 0.717) is 12.1 Å². The predicted octanol–water partition coefficient (Wildman–Crippen LogP) is 4.24. The normalized spacial score (nSPS) is 16.6. The zero-order valence-corrected chi connectivity index (χ0v) is 16.0. The lowest BCUT2D eigenvalue weighted by Gasteiger charge is -2.14. The number of unbranched alkanes of at least 4 members (excludes halogenated alkanes) is 1. The molecule has 1 aliphatic rings. The molecule has 3 amide bonds. The summed E-state index contributed by atoms with van der Waals surface area (Å²) < 4.78 is 0. The molecular formula is C21H22N2O3S. The molecule has 1 atom stereocenters. The van der Waals surface area contributed by atoms with Crippen molar-refractivity contribution in [3.63, 3.8) is 0 Å². The van der Waals surface area contributed by atoms with Gasteiger partial charge in [0, 0.05) is 23.4 Å². The predicted molar refractivity (Wildman–Crippen MR) is 108 cm³/mol. The van der Waals surface area contributed by atoms with Crippen molar-refractivity contribution in [2.24, 2.45) is 0 Å². The third-order valence-corrected chi connectivity index (χ3v) is 5.49. The van der Waals surface area contributed by atoms with Gasteiger partial charge in [-0.1, -0.05) is 31.5 Å². The van der Waals surface area contributed by atoms with Crippen molar-refractivity contribution >= 4 is 40.9 Å². The van der Waals surface area contributed by atoms with Gasteiger partial charge in [-0.05, 0) is 42.8 Å². The van der Waals surface area contributed by atoms with Crippen LogP contribution < -0.4 is 10.2 Å². The number of imide groups is 1. The Hall–Kier alpha value is -2.60. The summed E-state index contributed by atoms with van der Waals surface area (Å²) in [6.45, 7) is 2.05. The molecule has 0 spiro atoms. The average molecular weight is 382 g/mol. The van der Waals surface area contributed by atoms with E-state index in [4.69, 9.17) is 0 Å². The summed E-state index contributed by atoms with van der Waals surface area (Å²) in [6.07, 6.45) is 2.56. The third kappa shape index (κ3) is 4.77. The van der Waals surface area contributed by atoms with Crippen molar-refractivity contribution in [3.05, 3.63) is 54.6 Å². The lowest BCUT2D eigenvalue weighted by molar-refractivity contribution is -0.121. The maximum absolute atomic E-state index is 12.7. The van der Waals surface area contributed by atoms with Crippen LogP contribution in [0.1, 0.15) is 32.6 Å². The molecule has 0 aliphatic carbocycles. The first-order valence-electron chi connectivity index (χ1n) is 9.07. The minimum atomic E-state index is -0.428. The number of hydrogen-bond acceptors (Lipinski definition) is 4. The molecule has 140 valence electrons. The number of para-hydroxylation sites is 1. The van der Waals surface area contributed by atoms with Gasteiger partial charge in [0.2, 0.25) is 17.7 Å². The number of nitrogens with zero attached hydrogens (tertiary/aromatic N) is 1. The van der Waals surface area contributed by atoms with E-state index in [1.807, 2.05) is 49.4 Å². The summed E-state index contributed by atoms with van der Waals surface area (Å²) in [4.78, 5) is 38.9. The quantitative estimate of drug-likeness (QED) is 0.728. The monoisotopic (exact) mass is 382 g/mol. The van der Waals surface area contributed by atoms with Crippen LogP contribution in [0, 0.1) is 0 Å². The fraction of sp³-hybridized carbons (Fsp3) is 0.286. The number of amides is 3. The fourth-order valence-electron chi connectivity index (χ4n) is 2.89. The van der Waals surface area contributed by atoms with E-state index in [2.05, 4.69) is 5.32 Å². The molecule has 1 unspecified atom stereocenters. The van der Waals surface area contributed by atoms with Gasteiger partial charge in [0.15, 0.2) is 0 Å². The summed E-state index contributed by atoms with van der Waals surface area (Å²) in [6, 6.07) is 16.4. The first kappa shape index (κ1) is 19.2. The molecule has 6 heteroatoms. The molecule has 1 aliphatic heterocycles. The third-order valence-electron chi connectivity index (χ3n) is 4.29. The van der Waals surface area contributed by atoms with Gasteiger partial charge in [0.05, 0.1) is 10.9 Å². The highest BCUT2D eigenvalue weighted by Gasteiger charge is 2.39. The van der Waals surface area contributed by atoms with Crippen LogP contribution in [0.4, 0.5) is 11.4 Å². The second kappa shape index (κ2) is 8.86. The van der Waals surface area contributed by atoms with Crippen molar-refractivity contribution in [1.82, 2.24) is 0 Å². The summed E-state index contributed by atoms with van der Waals surface area (Å²) in [7, 11) is 0. The number of hydrogen-bond donors (Lipinski definition) is 1. The molecule has 2 aromatic rings. The highest BCUT2D eigenvalue weighted by molar-refractivity contribution is 8.00. The SMILES string of the molecule is CCCCC(=O)Nc1ccc(SC2CC(=O)N(c3ccccc3)C2=O)cc1. The average Bonchev–Trinajstić information content (AvgIpc) is 2.95. The van der Waals surface area contributed by atoms with E-state index in [1.54, 1.807) is 12.1 Å². The van der Waals surface area contributed by atoms with Gasteiger partial charge in [0.25, 0.3) is 0 Å². The molecular weight excluding hydrogens is 360 g/mol. The molecule has 5 nitrogen and oxygen atoms in total. The molecule has 0 radical (unpaired) electrons. The van der Waals surface area contributed by atoms with E-state index < -0.39 is 5.25 Å². The van der Waals surface area contributed by atoms with Crippen LogP contribution in [-0.2, 0) is 14.4 Å². The molecule has 0 aromatic heterocycles. The van der Waals surface area contributed by atoms with Gasteiger partial charge in [-0.15, -0.1) is 11.8 Å². The van der Waals surface area contributed by atoms with E-state index in [9.17, 15) is 14.4 Å². The molecule has 1 fully saturated rings. The zero-order valence-electron chi connectivity index (χ0n) is 15.2. The topological polar surface area (TPSA) is 66.5 Å². The van der Waals surface area contributed by atoms with Crippen molar-refractivity contribution in [3.8, 4) is 0 Å². The molecule has 0 saturated carbocycles. The Morgan fingerprint density at radius 1 is 1.11 bits per heavy atom. The Balaban J connectivity index is 1.61. The standard InChI is InChI=1S/C21H22N2O3S/c1-2-3-9-19(24)22-15-10-12-17(13-11-15)27-18-14-20(25)23(21(18)26)16-7-5-4-6-8-16/h4-8,10-13,18H,2-3,9,14H2,1H3,(H,22,24). The van der Waals surface area contributed by atoms with Gasteiger partial charge in [-0.2, -0.15) is 0 Å². The largest absolute Gasteiger partial charge is 0.326 e. The maximum Gasteiger partial charge on any atom is 0.247 e. The second-order valence-electron chi connectivity index (χ2n) is 6.39. The number of carbonyl (C=O) groups is 3. The summed E-state index contributed by atoms with van der Waals surface area (Å²) >= 11 is 1.38. The maximum atomic E-state index is 12.7. The Labute approximate surface area is 163 Å². The van der Waals surface area contributed by atoms with Crippen LogP contribution in [0.5, 0.6) is 0 Å². The van der Waals surface area contributed by atoms with Crippen LogP contribution in [0.15, 0.2) is 59.5 Å². The highest BCUT2D eigenvalue weighted by Crippen LogP contribution is 2.34. The minimum absolute atomic E-state index is 0.00678. The van der Waals surface area contributed by atoms with Gasteiger partial charge >= 0.3 is 0 Å². The summed E-state index contributed by atoms with van der Waals surface area (Å²) in [5.74, 6) is -0.357. The Morgan fingerprint density at radius 3 is 2.48 bits per heavy atom. The number of benzene rings is 2. The summed E-state index contributed by atoms with van der Waals surface area (Å²) in [5, 5.41) is 2.44. The molecule has 27 heavy (non-hydrogen) atoms. The number of anilines is 2. The van der Waals surface area contributed by atoms with Crippen molar-refractivity contribution in [2.75, 3.05) is 10.2 Å².